The lowest BCUT2D eigenvalue weighted by atomic mass is 10.2. The van der Waals surface area contributed by atoms with Crippen LogP contribution < -0.4 is 15.0 Å². The highest BCUT2D eigenvalue weighted by Gasteiger charge is 2.16. The molecule has 2 atom stereocenters. The second kappa shape index (κ2) is 14.4. The van der Waals surface area contributed by atoms with Crippen LogP contribution in [-0.4, -0.2) is 78.0 Å². The van der Waals surface area contributed by atoms with E-state index in [1.165, 1.54) is 0 Å². The molecule has 0 bridgehead atoms. The molecule has 176 valence electrons. The Kier molecular flexibility index (Phi) is 11.5. The predicted molar refractivity (Wildman–Crippen MR) is 123 cm³/mol. The van der Waals surface area contributed by atoms with Crippen molar-refractivity contribution >= 4 is 11.6 Å². The van der Waals surface area contributed by atoms with Gasteiger partial charge in [0.25, 0.3) is 5.91 Å². The number of amides is 1. The largest absolute Gasteiger partial charge is 0.494 e. The molecule has 0 fully saturated rings. The summed E-state index contributed by atoms with van der Waals surface area (Å²) in [5.74, 6) is 0.644. The van der Waals surface area contributed by atoms with E-state index in [4.69, 9.17) is 14.9 Å². The molecule has 0 aliphatic carbocycles. The van der Waals surface area contributed by atoms with Gasteiger partial charge in [0.2, 0.25) is 0 Å². The number of nitrogens with one attached hydrogen (secondary N) is 1. The van der Waals surface area contributed by atoms with E-state index in [9.17, 15) is 15.0 Å². The van der Waals surface area contributed by atoms with Gasteiger partial charge in [0.15, 0.2) is 0 Å². The first kappa shape index (κ1) is 25.6. The number of rotatable bonds is 15. The molecule has 32 heavy (non-hydrogen) atoms. The monoisotopic (exact) mass is 446 g/mol. The summed E-state index contributed by atoms with van der Waals surface area (Å²) >= 11 is 0. The summed E-state index contributed by atoms with van der Waals surface area (Å²) in [4.78, 5) is 13.7. The zero-order chi connectivity index (χ0) is 23.2. The summed E-state index contributed by atoms with van der Waals surface area (Å²) in [6, 6.07) is 16.4. The van der Waals surface area contributed by atoms with Crippen LogP contribution in [-0.2, 0) is 0 Å². The van der Waals surface area contributed by atoms with E-state index in [0.29, 0.717) is 24.5 Å². The molecule has 0 saturated carbocycles. The number of benzene rings is 2. The van der Waals surface area contributed by atoms with Crippen molar-refractivity contribution in [1.82, 2.24) is 5.32 Å². The first-order valence-electron chi connectivity index (χ1n) is 10.9. The Balaban J connectivity index is 1.68. The fourth-order valence-electron chi connectivity index (χ4n) is 3.15. The second-order valence-electron chi connectivity index (χ2n) is 7.60. The lowest BCUT2D eigenvalue weighted by Gasteiger charge is -2.28. The van der Waals surface area contributed by atoms with Crippen molar-refractivity contribution in [2.45, 2.75) is 31.5 Å². The van der Waals surface area contributed by atoms with Crippen molar-refractivity contribution in [2.24, 2.45) is 0 Å². The van der Waals surface area contributed by atoms with Crippen LogP contribution >= 0.6 is 0 Å². The van der Waals surface area contributed by atoms with Gasteiger partial charge in [-0.2, -0.15) is 0 Å². The average Bonchev–Trinajstić information content (AvgIpc) is 2.83. The van der Waals surface area contributed by atoms with Crippen LogP contribution in [0.2, 0.25) is 0 Å². The highest BCUT2D eigenvalue weighted by atomic mass is 16.5. The van der Waals surface area contributed by atoms with E-state index < -0.39 is 12.2 Å². The Hall–Kier alpha value is -2.65. The molecule has 5 N–H and O–H groups in total. The lowest BCUT2D eigenvalue weighted by Crippen LogP contribution is -2.40. The Labute approximate surface area is 189 Å². The molecule has 1 amide bonds. The zero-order valence-electron chi connectivity index (χ0n) is 18.3. The highest BCUT2D eigenvalue weighted by Crippen LogP contribution is 2.20. The molecule has 0 saturated heterocycles. The van der Waals surface area contributed by atoms with Crippen molar-refractivity contribution in [3.05, 3.63) is 60.2 Å². The third kappa shape index (κ3) is 9.23. The Morgan fingerprint density at radius 2 is 1.50 bits per heavy atom. The number of hydrogen-bond acceptors (Lipinski definition) is 7. The summed E-state index contributed by atoms with van der Waals surface area (Å²) in [7, 11) is 0. The second-order valence-corrected chi connectivity index (χ2v) is 7.60. The third-order valence-corrected chi connectivity index (χ3v) is 4.90. The molecule has 0 aliphatic heterocycles. The predicted octanol–water partition coefficient (Wildman–Crippen LogP) is 1.18. The number of aliphatic hydroxyl groups excluding tert-OH is 4. The van der Waals surface area contributed by atoms with Gasteiger partial charge >= 0.3 is 0 Å². The number of carbonyl (C=O) groups excluding carboxylic acids is 1. The number of hydrogen-bond donors (Lipinski definition) is 5. The highest BCUT2D eigenvalue weighted by molar-refractivity contribution is 5.94. The van der Waals surface area contributed by atoms with Crippen LogP contribution in [0.3, 0.4) is 0 Å². The Bertz CT molecular complexity index is 760. The summed E-state index contributed by atoms with van der Waals surface area (Å²) in [5.41, 5.74) is 1.40. The van der Waals surface area contributed by atoms with E-state index in [1.807, 2.05) is 30.3 Å². The summed E-state index contributed by atoms with van der Waals surface area (Å²) < 4.78 is 5.76. The maximum atomic E-state index is 12.0. The van der Waals surface area contributed by atoms with Gasteiger partial charge in [-0.1, -0.05) is 18.2 Å². The number of aliphatic hydroxyl groups is 4. The first-order chi connectivity index (χ1) is 15.5. The van der Waals surface area contributed by atoms with Crippen molar-refractivity contribution in [3.8, 4) is 5.75 Å². The van der Waals surface area contributed by atoms with Crippen LogP contribution in [0.1, 0.15) is 29.6 Å². The van der Waals surface area contributed by atoms with Gasteiger partial charge in [0.1, 0.15) is 5.75 Å². The smallest absolute Gasteiger partial charge is 0.251 e. The zero-order valence-corrected chi connectivity index (χ0v) is 18.3. The van der Waals surface area contributed by atoms with E-state index in [1.54, 1.807) is 29.2 Å². The maximum absolute atomic E-state index is 12.0. The van der Waals surface area contributed by atoms with E-state index in [2.05, 4.69) is 5.32 Å². The fourth-order valence-corrected chi connectivity index (χ4v) is 3.15. The van der Waals surface area contributed by atoms with Crippen LogP contribution in [0.5, 0.6) is 5.75 Å². The number of unbranched alkanes of at least 4 members (excludes halogenated alkanes) is 2. The number of nitrogens with zero attached hydrogens (tertiary/aromatic N) is 1. The summed E-state index contributed by atoms with van der Waals surface area (Å²) in [6.45, 7) is 0.675. The first-order valence-corrected chi connectivity index (χ1v) is 10.9. The van der Waals surface area contributed by atoms with Crippen molar-refractivity contribution in [2.75, 3.05) is 44.4 Å². The van der Waals surface area contributed by atoms with Crippen LogP contribution in [0.25, 0.3) is 0 Å². The molecule has 2 rings (SSSR count). The maximum Gasteiger partial charge on any atom is 0.251 e. The molecular weight excluding hydrogens is 412 g/mol. The van der Waals surface area contributed by atoms with Gasteiger partial charge in [0.05, 0.1) is 32.0 Å². The van der Waals surface area contributed by atoms with Crippen molar-refractivity contribution in [1.29, 1.82) is 0 Å². The number of carbonyl (C=O) groups is 1. The van der Waals surface area contributed by atoms with E-state index in [0.717, 1.165) is 24.9 Å². The molecule has 0 radical (unpaired) electrons. The van der Waals surface area contributed by atoms with Gasteiger partial charge in [-0.3, -0.25) is 4.79 Å². The standard InChI is InChI=1S/C24H34N2O6/c27-17-21(29)15-26(16-22(30)18-28)20-9-11-23(12-10-20)32-14-6-2-5-13-25-24(31)19-7-3-1-4-8-19/h1,3-4,7-12,21-22,27-30H,2,5-6,13-18H2,(H,25,31). The SMILES string of the molecule is O=C(NCCCCCOc1ccc(N(CC(O)CO)CC(O)CO)cc1)c1ccccc1. The van der Waals surface area contributed by atoms with Crippen molar-refractivity contribution in [3.63, 3.8) is 0 Å². The Morgan fingerprint density at radius 3 is 2.09 bits per heavy atom. The van der Waals surface area contributed by atoms with Crippen LogP contribution in [0.4, 0.5) is 5.69 Å². The molecule has 2 unspecified atom stereocenters. The number of anilines is 1. The lowest BCUT2D eigenvalue weighted by molar-refractivity contribution is 0.0839. The molecule has 8 heteroatoms. The van der Waals surface area contributed by atoms with Crippen molar-refractivity contribution < 1.29 is 30.0 Å². The summed E-state index contributed by atoms with van der Waals surface area (Å²) in [6.07, 6.45) is 0.763. The van der Waals surface area contributed by atoms with Crippen LogP contribution in [0.15, 0.2) is 54.6 Å². The average molecular weight is 447 g/mol. The minimum atomic E-state index is -0.950. The topological polar surface area (TPSA) is 122 Å². The molecule has 0 aromatic heterocycles. The minimum Gasteiger partial charge on any atom is -0.494 e. The number of ether oxygens (including phenoxy) is 1. The fraction of sp³-hybridized carbons (Fsp3) is 0.458. The van der Waals surface area contributed by atoms with Crippen LogP contribution in [0, 0.1) is 0 Å². The quantitative estimate of drug-likeness (QED) is 0.260. The molecule has 2 aromatic rings. The molecular formula is C24H34N2O6. The van der Waals surface area contributed by atoms with Gasteiger partial charge < -0.3 is 35.4 Å². The van der Waals surface area contributed by atoms with E-state index >= 15 is 0 Å². The molecule has 0 spiro atoms. The molecule has 8 nitrogen and oxygen atoms in total. The van der Waals surface area contributed by atoms with Gasteiger partial charge in [-0.05, 0) is 55.7 Å². The Morgan fingerprint density at radius 1 is 0.875 bits per heavy atom. The van der Waals surface area contributed by atoms with Gasteiger partial charge in [0, 0.05) is 30.9 Å². The van der Waals surface area contributed by atoms with Gasteiger partial charge in [-0.15, -0.1) is 0 Å². The third-order valence-electron chi connectivity index (χ3n) is 4.90. The molecule has 0 aliphatic rings. The summed E-state index contributed by atoms with van der Waals surface area (Å²) in [5, 5.41) is 40.6. The minimum absolute atomic E-state index is 0.0611. The van der Waals surface area contributed by atoms with E-state index in [-0.39, 0.29) is 32.2 Å². The molecule has 2 aromatic carbocycles. The normalized spacial score (nSPS) is 12.8. The van der Waals surface area contributed by atoms with Gasteiger partial charge in [-0.25, -0.2) is 0 Å². The molecule has 0 heterocycles.